The van der Waals surface area contributed by atoms with Crippen LogP contribution in [-0.4, -0.2) is 78.3 Å². The number of rotatable bonds is 5. The molecule has 5 fully saturated rings. The monoisotopic (exact) mass is 576 g/mol. The summed E-state index contributed by atoms with van der Waals surface area (Å²) in [5.41, 5.74) is 0.221. The molecule has 41 heavy (non-hydrogen) atoms. The van der Waals surface area contributed by atoms with Crippen LogP contribution in [-0.2, 0) is 33.3 Å². The summed E-state index contributed by atoms with van der Waals surface area (Å²) in [6.07, 6.45) is 6.35. The summed E-state index contributed by atoms with van der Waals surface area (Å²) in [6.45, 7) is 8.19. The largest absolute Gasteiger partial charge is 0.458 e. The van der Waals surface area contributed by atoms with Gasteiger partial charge in [-0.05, 0) is 99.4 Å². The van der Waals surface area contributed by atoms with Crippen LogP contribution >= 0.6 is 0 Å². The van der Waals surface area contributed by atoms with E-state index < -0.39 is 42.3 Å². The number of hydrogen-bond donors (Lipinski definition) is 2. The average molecular weight is 577 g/mol. The average Bonchev–Trinajstić information content (AvgIpc) is 3.46. The number of carbonyl (C=O) groups is 2. The van der Waals surface area contributed by atoms with Gasteiger partial charge in [0.25, 0.3) is 0 Å². The minimum Gasteiger partial charge on any atom is -0.458 e. The Kier molecular flexibility index (Phi) is 7.62. The van der Waals surface area contributed by atoms with E-state index in [1.54, 1.807) is 13.0 Å². The van der Waals surface area contributed by atoms with Crippen LogP contribution < -0.4 is 0 Å². The molecule has 0 aromatic carbocycles. The highest BCUT2D eigenvalue weighted by Crippen LogP contribution is 2.70. The standard InChI is InChI=1S/C32H48O9/c1-17-26(35)27(37-5)28(40-18(2)33)29(39-17)41-21-8-11-30(3)20(15-21)6-7-24-23(30)9-12-31(4)22(10-13-32(24,31)36)19-14-25(34)38-16-19/h14,17,20-24,26-29,35-36H,6-13,15-16H2,1-5H3/t17?,20-,21+,22-,23+,24-,26?,27?,28?,29?,30+,31-,32+/m1/s1. The molecular weight excluding hydrogens is 528 g/mol. The molecule has 13 atom stereocenters. The molecule has 0 aromatic rings. The maximum atomic E-state index is 12.5. The van der Waals surface area contributed by atoms with Crippen LogP contribution in [0.2, 0.25) is 0 Å². The van der Waals surface area contributed by atoms with Crippen molar-refractivity contribution in [2.24, 2.45) is 34.5 Å². The topological polar surface area (TPSA) is 121 Å². The molecule has 0 bridgehead atoms. The molecule has 0 radical (unpaired) electrons. The lowest BCUT2D eigenvalue weighted by Gasteiger charge is -2.64. The number of cyclic esters (lactones) is 1. The van der Waals surface area contributed by atoms with Gasteiger partial charge in [0.1, 0.15) is 18.8 Å². The summed E-state index contributed by atoms with van der Waals surface area (Å²) >= 11 is 0. The Bertz CT molecular complexity index is 1080. The highest BCUT2D eigenvalue weighted by molar-refractivity contribution is 5.85. The molecule has 9 heteroatoms. The Morgan fingerprint density at radius 2 is 1.83 bits per heavy atom. The second-order valence-electron chi connectivity index (χ2n) is 14.3. The van der Waals surface area contributed by atoms with E-state index in [0.717, 1.165) is 63.4 Å². The summed E-state index contributed by atoms with van der Waals surface area (Å²) in [4.78, 5) is 23.7. The number of methoxy groups -OCH3 is 1. The quantitative estimate of drug-likeness (QED) is 0.373. The lowest BCUT2D eigenvalue weighted by atomic mass is 9.43. The molecule has 4 aliphatic carbocycles. The molecule has 2 heterocycles. The van der Waals surface area contributed by atoms with Gasteiger partial charge >= 0.3 is 11.9 Å². The first kappa shape index (κ1) is 29.5. The van der Waals surface area contributed by atoms with Crippen LogP contribution in [0.5, 0.6) is 0 Å². The van der Waals surface area contributed by atoms with Crippen molar-refractivity contribution in [2.75, 3.05) is 13.7 Å². The van der Waals surface area contributed by atoms with Crippen LogP contribution in [0.25, 0.3) is 0 Å². The zero-order valence-electron chi connectivity index (χ0n) is 25.2. The first-order valence-corrected chi connectivity index (χ1v) is 15.7. The van der Waals surface area contributed by atoms with Crippen molar-refractivity contribution in [3.8, 4) is 0 Å². The van der Waals surface area contributed by atoms with E-state index >= 15 is 0 Å². The molecule has 2 aliphatic heterocycles. The lowest BCUT2D eigenvalue weighted by molar-refractivity contribution is -0.315. The van der Waals surface area contributed by atoms with Gasteiger partial charge in [-0.15, -0.1) is 0 Å². The first-order valence-electron chi connectivity index (χ1n) is 15.7. The Hall–Kier alpha value is -1.52. The van der Waals surface area contributed by atoms with Gasteiger partial charge in [-0.1, -0.05) is 13.8 Å². The van der Waals surface area contributed by atoms with Gasteiger partial charge < -0.3 is 33.9 Å². The summed E-state index contributed by atoms with van der Waals surface area (Å²) in [5.74, 6) is 0.650. The van der Waals surface area contributed by atoms with Gasteiger partial charge in [0.2, 0.25) is 0 Å². The molecule has 6 aliphatic rings. The van der Waals surface area contributed by atoms with Crippen molar-refractivity contribution >= 4 is 11.9 Å². The van der Waals surface area contributed by atoms with Crippen molar-refractivity contribution in [2.45, 2.75) is 128 Å². The Morgan fingerprint density at radius 3 is 2.51 bits per heavy atom. The Morgan fingerprint density at radius 1 is 1.05 bits per heavy atom. The number of carbonyl (C=O) groups excluding carboxylic acids is 2. The fourth-order valence-corrected chi connectivity index (χ4v) is 10.4. The zero-order valence-corrected chi connectivity index (χ0v) is 25.2. The van der Waals surface area contributed by atoms with Crippen LogP contribution in [0.3, 0.4) is 0 Å². The van der Waals surface area contributed by atoms with E-state index in [9.17, 15) is 19.8 Å². The molecule has 4 saturated carbocycles. The van der Waals surface area contributed by atoms with Gasteiger partial charge in [0, 0.05) is 25.5 Å². The van der Waals surface area contributed by atoms with Crippen molar-refractivity contribution in [1.29, 1.82) is 0 Å². The second-order valence-corrected chi connectivity index (χ2v) is 14.3. The van der Waals surface area contributed by atoms with E-state index in [1.165, 1.54) is 14.0 Å². The number of fused-ring (bicyclic) bond motifs is 5. The Labute approximate surface area is 243 Å². The SMILES string of the molecule is COC1C(O)C(C)OC(O[C@H]2CC[C@@]3(C)[C@H](CC[C@@H]4[C@@H]3CC[C@]3(C)[C@@H](C5=CC(=O)OC5)CC[C@]43O)C2)C1OC(C)=O. The maximum absolute atomic E-state index is 12.5. The molecule has 5 unspecified atom stereocenters. The maximum Gasteiger partial charge on any atom is 0.331 e. The molecule has 9 nitrogen and oxygen atoms in total. The van der Waals surface area contributed by atoms with Crippen molar-refractivity contribution in [3.63, 3.8) is 0 Å². The number of aliphatic hydroxyl groups excluding tert-OH is 1. The zero-order chi connectivity index (χ0) is 29.3. The summed E-state index contributed by atoms with van der Waals surface area (Å²) in [5, 5.41) is 23.1. The molecule has 6 rings (SSSR count). The van der Waals surface area contributed by atoms with E-state index in [4.69, 9.17) is 23.7 Å². The van der Waals surface area contributed by atoms with Crippen LogP contribution in [0.1, 0.15) is 85.5 Å². The fourth-order valence-electron chi connectivity index (χ4n) is 10.4. The third-order valence-electron chi connectivity index (χ3n) is 12.6. The molecule has 1 saturated heterocycles. The normalized spacial score (nSPS) is 51.2. The van der Waals surface area contributed by atoms with Crippen LogP contribution in [0, 0.1) is 34.5 Å². The summed E-state index contributed by atoms with van der Waals surface area (Å²) in [6, 6.07) is 0. The minimum absolute atomic E-state index is 0.0488. The van der Waals surface area contributed by atoms with Crippen molar-refractivity contribution in [3.05, 3.63) is 11.6 Å². The summed E-state index contributed by atoms with van der Waals surface area (Å²) < 4.78 is 28.9. The van der Waals surface area contributed by atoms with Crippen molar-refractivity contribution in [1.82, 2.24) is 0 Å². The van der Waals surface area contributed by atoms with Crippen LogP contribution in [0.15, 0.2) is 11.6 Å². The summed E-state index contributed by atoms with van der Waals surface area (Å²) in [7, 11) is 1.50. The smallest absolute Gasteiger partial charge is 0.331 e. The minimum atomic E-state index is -0.926. The Balaban J connectivity index is 1.16. The predicted octanol–water partition coefficient (Wildman–Crippen LogP) is 3.68. The highest BCUT2D eigenvalue weighted by atomic mass is 16.7. The van der Waals surface area contributed by atoms with Gasteiger partial charge in [0.05, 0.1) is 17.8 Å². The number of ether oxygens (including phenoxy) is 5. The second kappa shape index (κ2) is 10.6. The number of esters is 2. The van der Waals surface area contributed by atoms with Gasteiger partial charge in [-0.2, -0.15) is 0 Å². The van der Waals surface area contributed by atoms with Gasteiger partial charge in [-0.3, -0.25) is 4.79 Å². The molecule has 0 amide bonds. The van der Waals surface area contributed by atoms with Crippen LogP contribution in [0.4, 0.5) is 0 Å². The van der Waals surface area contributed by atoms with Crippen molar-refractivity contribution < 1.29 is 43.5 Å². The predicted molar refractivity (Wildman–Crippen MR) is 147 cm³/mol. The highest BCUT2D eigenvalue weighted by Gasteiger charge is 2.67. The fraction of sp³-hybridized carbons (Fsp3) is 0.875. The van der Waals surface area contributed by atoms with E-state index in [0.29, 0.717) is 18.4 Å². The molecule has 0 spiro atoms. The molecule has 2 N–H and O–H groups in total. The first-order chi connectivity index (χ1) is 19.4. The molecule has 0 aromatic heterocycles. The number of hydrogen-bond acceptors (Lipinski definition) is 9. The van der Waals surface area contributed by atoms with Gasteiger partial charge in [0.15, 0.2) is 12.4 Å². The van der Waals surface area contributed by atoms with E-state index in [-0.39, 0.29) is 34.7 Å². The van der Waals surface area contributed by atoms with E-state index in [1.807, 2.05) is 0 Å². The van der Waals surface area contributed by atoms with E-state index in [2.05, 4.69) is 13.8 Å². The lowest BCUT2D eigenvalue weighted by Crippen LogP contribution is -2.63. The third-order valence-corrected chi connectivity index (χ3v) is 12.6. The van der Waals surface area contributed by atoms with Gasteiger partial charge in [-0.25, -0.2) is 4.79 Å². The number of aliphatic hydroxyl groups is 2. The molecule has 230 valence electrons. The third kappa shape index (κ3) is 4.60. The molecular formula is C32H48O9.